The van der Waals surface area contributed by atoms with Gasteiger partial charge in [0.05, 0.1) is 18.5 Å². The van der Waals surface area contributed by atoms with Crippen LogP contribution >= 0.6 is 11.6 Å². The van der Waals surface area contributed by atoms with Crippen molar-refractivity contribution in [1.29, 1.82) is 0 Å². The minimum Gasteiger partial charge on any atom is -0.497 e. The Morgan fingerprint density at radius 3 is 2.65 bits per heavy atom. The quantitative estimate of drug-likeness (QED) is 0.851. The lowest BCUT2D eigenvalue weighted by Crippen LogP contribution is -2.14. The maximum absolute atomic E-state index is 12.2. The minimum absolute atomic E-state index is 0.237. The molecule has 3 N–H and O–H groups in total. The van der Waals surface area contributed by atoms with Crippen molar-refractivity contribution in [2.75, 3.05) is 18.2 Å². The fourth-order valence-electron chi connectivity index (χ4n) is 1.84. The van der Waals surface area contributed by atoms with Crippen LogP contribution in [-0.4, -0.2) is 13.0 Å². The number of amides is 1. The van der Waals surface area contributed by atoms with Crippen molar-refractivity contribution in [3.8, 4) is 5.75 Å². The van der Waals surface area contributed by atoms with Gasteiger partial charge in [-0.25, -0.2) is 0 Å². The van der Waals surface area contributed by atoms with E-state index >= 15 is 0 Å². The molecule has 104 valence electrons. The zero-order valence-corrected chi connectivity index (χ0v) is 12.0. The van der Waals surface area contributed by atoms with E-state index in [2.05, 4.69) is 5.32 Å². The number of halogens is 1. The molecule has 0 aliphatic carbocycles. The van der Waals surface area contributed by atoms with Gasteiger partial charge in [0.2, 0.25) is 0 Å². The summed E-state index contributed by atoms with van der Waals surface area (Å²) in [6.07, 6.45) is 0. The Morgan fingerprint density at radius 1 is 1.25 bits per heavy atom. The molecule has 20 heavy (non-hydrogen) atoms. The van der Waals surface area contributed by atoms with Gasteiger partial charge in [-0.3, -0.25) is 4.79 Å². The van der Waals surface area contributed by atoms with Crippen LogP contribution < -0.4 is 15.8 Å². The molecule has 0 spiro atoms. The maximum atomic E-state index is 12.2. The third kappa shape index (κ3) is 3.03. The number of hydrogen-bond acceptors (Lipinski definition) is 3. The largest absolute Gasteiger partial charge is 0.497 e. The smallest absolute Gasteiger partial charge is 0.255 e. The first-order valence-corrected chi connectivity index (χ1v) is 6.40. The molecule has 0 fully saturated rings. The Labute approximate surface area is 122 Å². The van der Waals surface area contributed by atoms with Crippen molar-refractivity contribution in [3.05, 3.63) is 52.5 Å². The van der Waals surface area contributed by atoms with Crippen LogP contribution in [0.1, 0.15) is 15.9 Å². The Morgan fingerprint density at radius 2 is 2.00 bits per heavy atom. The number of benzene rings is 2. The molecule has 0 saturated carbocycles. The second-order valence-corrected chi connectivity index (χ2v) is 4.80. The molecule has 0 atom stereocenters. The Kier molecular flexibility index (Phi) is 4.15. The van der Waals surface area contributed by atoms with Crippen LogP contribution in [0.2, 0.25) is 5.02 Å². The molecular formula is C15H15ClN2O2. The summed E-state index contributed by atoms with van der Waals surface area (Å²) in [6.45, 7) is 1.83. The van der Waals surface area contributed by atoms with E-state index < -0.39 is 0 Å². The van der Waals surface area contributed by atoms with E-state index in [0.717, 1.165) is 5.56 Å². The minimum atomic E-state index is -0.237. The molecule has 2 aromatic rings. The topological polar surface area (TPSA) is 64.3 Å². The Balaban J connectivity index is 2.27. The Hall–Kier alpha value is -2.20. The predicted octanol–water partition coefficient (Wildman–Crippen LogP) is 3.49. The van der Waals surface area contributed by atoms with Gasteiger partial charge in [-0.05, 0) is 42.8 Å². The number of nitrogens with one attached hydrogen (secondary N) is 1. The number of rotatable bonds is 3. The van der Waals surface area contributed by atoms with Gasteiger partial charge in [-0.2, -0.15) is 0 Å². The van der Waals surface area contributed by atoms with Crippen molar-refractivity contribution >= 4 is 28.9 Å². The molecule has 0 aliphatic heterocycles. The lowest BCUT2D eigenvalue weighted by molar-refractivity contribution is 0.102. The van der Waals surface area contributed by atoms with E-state index in [4.69, 9.17) is 22.1 Å². The van der Waals surface area contributed by atoms with Crippen LogP contribution in [0, 0.1) is 6.92 Å². The highest BCUT2D eigenvalue weighted by atomic mass is 35.5. The Bertz CT molecular complexity index is 656. The lowest BCUT2D eigenvalue weighted by atomic mass is 10.1. The zero-order chi connectivity index (χ0) is 14.7. The fraction of sp³-hybridized carbons (Fsp3) is 0.133. The SMILES string of the molecule is COc1ccc(N)c(NC(=O)c2ccc(Cl)cc2C)c1. The van der Waals surface area contributed by atoms with Crippen molar-refractivity contribution in [2.45, 2.75) is 6.92 Å². The van der Waals surface area contributed by atoms with E-state index in [1.165, 1.54) is 0 Å². The van der Waals surface area contributed by atoms with Gasteiger partial charge >= 0.3 is 0 Å². The predicted molar refractivity (Wildman–Crippen MR) is 81.5 cm³/mol. The van der Waals surface area contributed by atoms with Gasteiger partial charge in [0.1, 0.15) is 5.75 Å². The molecule has 0 aliphatic rings. The summed E-state index contributed by atoms with van der Waals surface area (Å²) in [5, 5.41) is 3.37. The molecule has 1 amide bonds. The summed E-state index contributed by atoms with van der Waals surface area (Å²) in [6, 6.07) is 10.2. The van der Waals surface area contributed by atoms with Crippen LogP contribution in [0.15, 0.2) is 36.4 Å². The highest BCUT2D eigenvalue weighted by molar-refractivity contribution is 6.30. The maximum Gasteiger partial charge on any atom is 0.255 e. The molecular weight excluding hydrogens is 276 g/mol. The van der Waals surface area contributed by atoms with Gasteiger partial charge < -0.3 is 15.8 Å². The van der Waals surface area contributed by atoms with E-state index in [9.17, 15) is 4.79 Å². The third-order valence-electron chi connectivity index (χ3n) is 2.94. The number of anilines is 2. The fourth-order valence-corrected chi connectivity index (χ4v) is 2.07. The van der Waals surface area contributed by atoms with Gasteiger partial charge in [0.25, 0.3) is 5.91 Å². The van der Waals surface area contributed by atoms with Crippen molar-refractivity contribution in [2.24, 2.45) is 0 Å². The number of aryl methyl sites for hydroxylation is 1. The average Bonchev–Trinajstić information content (AvgIpc) is 2.41. The number of carbonyl (C=O) groups excluding carboxylic acids is 1. The summed E-state index contributed by atoms with van der Waals surface area (Å²) < 4.78 is 5.11. The van der Waals surface area contributed by atoms with Crippen LogP contribution in [0.5, 0.6) is 5.75 Å². The van der Waals surface area contributed by atoms with Crippen molar-refractivity contribution in [1.82, 2.24) is 0 Å². The number of nitrogen functional groups attached to an aromatic ring is 1. The van der Waals surface area contributed by atoms with E-state index in [1.54, 1.807) is 43.5 Å². The highest BCUT2D eigenvalue weighted by Gasteiger charge is 2.11. The monoisotopic (exact) mass is 290 g/mol. The molecule has 2 aromatic carbocycles. The summed E-state index contributed by atoms with van der Waals surface area (Å²) in [5.41, 5.74) is 8.19. The molecule has 0 unspecified atom stereocenters. The van der Waals surface area contributed by atoms with Crippen LogP contribution in [-0.2, 0) is 0 Å². The molecule has 0 bridgehead atoms. The van der Waals surface area contributed by atoms with E-state index in [-0.39, 0.29) is 5.91 Å². The van der Waals surface area contributed by atoms with Gasteiger partial charge in [-0.15, -0.1) is 0 Å². The molecule has 0 heterocycles. The first-order valence-electron chi connectivity index (χ1n) is 6.02. The van der Waals surface area contributed by atoms with Gasteiger partial charge in [-0.1, -0.05) is 11.6 Å². The first kappa shape index (κ1) is 14.2. The average molecular weight is 291 g/mol. The highest BCUT2D eigenvalue weighted by Crippen LogP contribution is 2.25. The van der Waals surface area contributed by atoms with Gasteiger partial charge in [0, 0.05) is 16.7 Å². The van der Waals surface area contributed by atoms with Crippen molar-refractivity contribution < 1.29 is 9.53 Å². The lowest BCUT2D eigenvalue weighted by Gasteiger charge is -2.11. The summed E-state index contributed by atoms with van der Waals surface area (Å²) in [5.74, 6) is 0.390. The second kappa shape index (κ2) is 5.84. The second-order valence-electron chi connectivity index (χ2n) is 4.37. The normalized spacial score (nSPS) is 10.2. The number of ether oxygens (including phenoxy) is 1. The van der Waals surface area contributed by atoms with Crippen LogP contribution in [0.4, 0.5) is 11.4 Å². The number of methoxy groups -OCH3 is 1. The van der Waals surface area contributed by atoms with Crippen LogP contribution in [0.3, 0.4) is 0 Å². The van der Waals surface area contributed by atoms with Crippen LogP contribution in [0.25, 0.3) is 0 Å². The summed E-state index contributed by atoms with van der Waals surface area (Å²) in [7, 11) is 1.56. The third-order valence-corrected chi connectivity index (χ3v) is 3.18. The van der Waals surface area contributed by atoms with E-state index in [1.807, 2.05) is 6.92 Å². The number of hydrogen-bond donors (Lipinski definition) is 2. The zero-order valence-electron chi connectivity index (χ0n) is 11.2. The molecule has 2 rings (SSSR count). The number of nitrogens with two attached hydrogens (primary N) is 1. The number of carbonyl (C=O) groups is 1. The molecule has 4 nitrogen and oxygen atoms in total. The van der Waals surface area contributed by atoms with E-state index in [0.29, 0.717) is 27.7 Å². The summed E-state index contributed by atoms with van der Waals surface area (Å²) >= 11 is 5.88. The van der Waals surface area contributed by atoms with Crippen molar-refractivity contribution in [3.63, 3.8) is 0 Å². The molecule has 5 heteroatoms. The summed E-state index contributed by atoms with van der Waals surface area (Å²) in [4.78, 5) is 12.2. The van der Waals surface area contributed by atoms with Gasteiger partial charge in [0.15, 0.2) is 0 Å². The standard InChI is InChI=1S/C15H15ClN2O2/c1-9-7-10(16)3-5-12(9)15(19)18-14-8-11(20-2)4-6-13(14)17/h3-8H,17H2,1-2H3,(H,18,19). The molecule has 0 radical (unpaired) electrons. The molecule has 0 aromatic heterocycles. The first-order chi connectivity index (χ1) is 9.51. The molecule has 0 saturated heterocycles.